The first-order valence-electron chi connectivity index (χ1n) is 8.34. The van der Waals surface area contributed by atoms with E-state index in [1.54, 1.807) is 25.2 Å². The summed E-state index contributed by atoms with van der Waals surface area (Å²) in [5.74, 6) is 0.392. The molecule has 0 bridgehead atoms. The quantitative estimate of drug-likeness (QED) is 0.450. The minimum atomic E-state index is -0.563. The fourth-order valence-corrected chi connectivity index (χ4v) is 3.73. The van der Waals surface area contributed by atoms with Crippen molar-refractivity contribution in [3.63, 3.8) is 0 Å². The third-order valence-corrected chi connectivity index (χ3v) is 5.23. The van der Waals surface area contributed by atoms with Gasteiger partial charge in [-0.15, -0.1) is 11.3 Å². The molecular weight excluding hydrogens is 364 g/mol. The fraction of sp³-hybridized carbons (Fsp3) is 0.143. The van der Waals surface area contributed by atoms with Crippen molar-refractivity contribution in [2.75, 3.05) is 0 Å². The number of benzene rings is 1. The van der Waals surface area contributed by atoms with Crippen LogP contribution in [0.2, 0.25) is 0 Å². The van der Waals surface area contributed by atoms with Gasteiger partial charge in [-0.3, -0.25) is 4.79 Å². The van der Waals surface area contributed by atoms with E-state index in [1.807, 2.05) is 35.7 Å². The summed E-state index contributed by atoms with van der Waals surface area (Å²) in [4.78, 5) is 24.7. The third-order valence-electron chi connectivity index (χ3n) is 4.31. The van der Waals surface area contributed by atoms with Gasteiger partial charge in [-0.05, 0) is 55.1 Å². The Hall–Kier alpha value is -3.12. The number of esters is 1. The molecule has 136 valence electrons. The zero-order valence-corrected chi connectivity index (χ0v) is 15.8. The fourth-order valence-electron chi connectivity index (χ4n) is 3.01. The average Bonchev–Trinajstić information content (AvgIpc) is 3.30. The van der Waals surface area contributed by atoms with E-state index in [2.05, 4.69) is 6.07 Å². The lowest BCUT2D eigenvalue weighted by atomic mass is 10.1. The SMILES string of the molecule is CC(=O)Oc1c(C)c(-c2cc3cc(-c4cccs4)ccc3o2)oc(=O)c1C. The van der Waals surface area contributed by atoms with Gasteiger partial charge in [0, 0.05) is 22.8 Å². The number of furan rings is 1. The van der Waals surface area contributed by atoms with Crippen LogP contribution in [0.4, 0.5) is 0 Å². The van der Waals surface area contributed by atoms with Crippen LogP contribution < -0.4 is 10.4 Å². The normalized spacial score (nSPS) is 11.1. The Morgan fingerprint density at radius 2 is 1.89 bits per heavy atom. The van der Waals surface area contributed by atoms with Gasteiger partial charge in [0.05, 0.1) is 5.56 Å². The molecule has 0 atom stereocenters. The van der Waals surface area contributed by atoms with Crippen LogP contribution in [0.25, 0.3) is 32.9 Å². The van der Waals surface area contributed by atoms with Gasteiger partial charge in [0.25, 0.3) is 0 Å². The number of hydrogen-bond acceptors (Lipinski definition) is 6. The first-order chi connectivity index (χ1) is 12.9. The van der Waals surface area contributed by atoms with E-state index in [0.717, 1.165) is 15.8 Å². The molecule has 0 saturated heterocycles. The predicted octanol–water partition coefficient (Wildman–Crippen LogP) is 5.32. The molecule has 5 nitrogen and oxygen atoms in total. The molecule has 0 unspecified atom stereocenters. The third kappa shape index (κ3) is 3.08. The summed E-state index contributed by atoms with van der Waals surface area (Å²) >= 11 is 1.66. The molecule has 0 amide bonds. The van der Waals surface area contributed by atoms with Crippen molar-refractivity contribution in [1.29, 1.82) is 0 Å². The zero-order valence-electron chi connectivity index (χ0n) is 15.0. The van der Waals surface area contributed by atoms with Crippen LogP contribution in [0.5, 0.6) is 5.75 Å². The number of carbonyl (C=O) groups excluding carboxylic acids is 1. The minimum absolute atomic E-state index is 0.216. The second-order valence-electron chi connectivity index (χ2n) is 6.23. The van der Waals surface area contributed by atoms with Crippen LogP contribution in [0.15, 0.2) is 55.4 Å². The number of ether oxygens (including phenoxy) is 1. The van der Waals surface area contributed by atoms with Crippen molar-refractivity contribution in [3.8, 4) is 27.7 Å². The second kappa shape index (κ2) is 6.55. The van der Waals surface area contributed by atoms with Crippen LogP contribution >= 0.6 is 11.3 Å². The zero-order chi connectivity index (χ0) is 19.1. The Morgan fingerprint density at radius 3 is 2.59 bits per heavy atom. The molecule has 0 radical (unpaired) electrons. The number of rotatable bonds is 3. The first kappa shape index (κ1) is 17.3. The molecule has 3 aromatic heterocycles. The van der Waals surface area contributed by atoms with E-state index in [4.69, 9.17) is 13.6 Å². The molecular formula is C21H16O5S. The highest BCUT2D eigenvalue weighted by Gasteiger charge is 2.21. The monoisotopic (exact) mass is 380 g/mol. The molecule has 4 rings (SSSR count). The molecule has 0 fully saturated rings. The van der Waals surface area contributed by atoms with Gasteiger partial charge < -0.3 is 13.6 Å². The maximum absolute atomic E-state index is 12.2. The number of hydrogen-bond donors (Lipinski definition) is 0. The summed E-state index contributed by atoms with van der Waals surface area (Å²) in [7, 11) is 0. The molecule has 4 aromatic rings. The molecule has 0 aliphatic heterocycles. The Labute approximate surface area is 158 Å². The molecule has 0 aliphatic carbocycles. The molecule has 0 spiro atoms. The smallest absolute Gasteiger partial charge is 0.343 e. The van der Waals surface area contributed by atoms with Gasteiger partial charge in [0.15, 0.2) is 11.5 Å². The van der Waals surface area contributed by atoms with Crippen molar-refractivity contribution in [1.82, 2.24) is 0 Å². The highest BCUT2D eigenvalue weighted by Crippen LogP contribution is 2.36. The molecule has 6 heteroatoms. The molecule has 0 saturated carbocycles. The van der Waals surface area contributed by atoms with E-state index in [9.17, 15) is 9.59 Å². The standard InChI is InChI=1S/C21H16O5S/c1-11-19(24-13(3)22)12(2)21(23)26-20(11)17-10-15-9-14(6-7-16(15)25-17)18-5-4-8-27-18/h4-10H,1-3H3. The van der Waals surface area contributed by atoms with Crippen LogP contribution in [0, 0.1) is 13.8 Å². The summed E-state index contributed by atoms with van der Waals surface area (Å²) in [6.07, 6.45) is 0. The van der Waals surface area contributed by atoms with Gasteiger partial charge in [0.1, 0.15) is 11.3 Å². The molecule has 3 heterocycles. The Kier molecular flexibility index (Phi) is 4.20. The number of fused-ring (bicyclic) bond motifs is 1. The molecule has 0 N–H and O–H groups in total. The molecule has 27 heavy (non-hydrogen) atoms. The summed E-state index contributed by atoms with van der Waals surface area (Å²) < 4.78 is 16.6. The van der Waals surface area contributed by atoms with Crippen molar-refractivity contribution < 1.29 is 18.4 Å². The van der Waals surface area contributed by atoms with Crippen molar-refractivity contribution in [2.45, 2.75) is 20.8 Å². The Balaban J connectivity index is 1.86. The van der Waals surface area contributed by atoms with Gasteiger partial charge in [-0.25, -0.2) is 4.79 Å². The summed E-state index contributed by atoms with van der Waals surface area (Å²) in [5.41, 5.74) is 2.00. The Morgan fingerprint density at radius 1 is 1.07 bits per heavy atom. The Bertz CT molecular complexity index is 1210. The first-order valence-corrected chi connectivity index (χ1v) is 9.22. The largest absolute Gasteiger partial charge is 0.453 e. The second-order valence-corrected chi connectivity index (χ2v) is 7.18. The summed E-state index contributed by atoms with van der Waals surface area (Å²) in [6, 6.07) is 11.8. The van der Waals surface area contributed by atoms with Crippen LogP contribution in [0.3, 0.4) is 0 Å². The van der Waals surface area contributed by atoms with Gasteiger partial charge in [-0.2, -0.15) is 0 Å². The van der Waals surface area contributed by atoms with E-state index < -0.39 is 11.6 Å². The van der Waals surface area contributed by atoms with E-state index in [0.29, 0.717) is 16.9 Å². The van der Waals surface area contributed by atoms with Gasteiger partial charge in [0.2, 0.25) is 0 Å². The van der Waals surface area contributed by atoms with E-state index in [1.165, 1.54) is 6.92 Å². The minimum Gasteiger partial charge on any atom is -0.453 e. The summed E-state index contributed by atoms with van der Waals surface area (Å²) in [5, 5.41) is 2.92. The lowest BCUT2D eigenvalue weighted by Crippen LogP contribution is -2.12. The average molecular weight is 380 g/mol. The number of thiophene rings is 1. The lowest BCUT2D eigenvalue weighted by molar-refractivity contribution is -0.132. The highest BCUT2D eigenvalue weighted by molar-refractivity contribution is 7.13. The van der Waals surface area contributed by atoms with E-state index >= 15 is 0 Å². The van der Waals surface area contributed by atoms with Crippen molar-refractivity contribution in [2.24, 2.45) is 0 Å². The molecule has 0 aliphatic rings. The topological polar surface area (TPSA) is 69.7 Å². The predicted molar refractivity (Wildman–Crippen MR) is 104 cm³/mol. The maximum atomic E-state index is 12.2. The van der Waals surface area contributed by atoms with Crippen molar-refractivity contribution in [3.05, 3.63) is 63.3 Å². The highest BCUT2D eigenvalue weighted by atomic mass is 32.1. The van der Waals surface area contributed by atoms with Gasteiger partial charge in [-0.1, -0.05) is 6.07 Å². The van der Waals surface area contributed by atoms with Gasteiger partial charge >= 0.3 is 11.6 Å². The molecule has 1 aromatic carbocycles. The van der Waals surface area contributed by atoms with Crippen LogP contribution in [0.1, 0.15) is 18.1 Å². The van der Waals surface area contributed by atoms with Crippen LogP contribution in [-0.2, 0) is 4.79 Å². The van der Waals surface area contributed by atoms with Crippen LogP contribution in [-0.4, -0.2) is 5.97 Å². The van der Waals surface area contributed by atoms with E-state index in [-0.39, 0.29) is 17.1 Å². The summed E-state index contributed by atoms with van der Waals surface area (Å²) in [6.45, 7) is 4.58. The number of carbonyl (C=O) groups is 1. The van der Waals surface area contributed by atoms with Crippen molar-refractivity contribution >= 4 is 28.3 Å². The lowest BCUT2D eigenvalue weighted by Gasteiger charge is -2.10. The maximum Gasteiger partial charge on any atom is 0.343 e.